The zero-order valence-electron chi connectivity index (χ0n) is 5.47. The Bertz CT molecular complexity index is 99.1. The van der Waals surface area contributed by atoms with Crippen LogP contribution in [0.2, 0.25) is 0 Å². The van der Waals surface area contributed by atoms with E-state index in [9.17, 15) is 4.55 Å². The van der Waals surface area contributed by atoms with Crippen LogP contribution in [0.1, 0.15) is 19.8 Å². The van der Waals surface area contributed by atoms with Crippen molar-refractivity contribution in [1.82, 2.24) is 0 Å². The van der Waals surface area contributed by atoms with Crippen molar-refractivity contribution in [2.24, 2.45) is 5.92 Å². The summed E-state index contributed by atoms with van der Waals surface area (Å²) in [6, 6.07) is 0. The molecule has 0 spiro atoms. The van der Waals surface area contributed by atoms with Crippen LogP contribution in [0.5, 0.6) is 0 Å². The van der Waals surface area contributed by atoms with E-state index in [0.29, 0.717) is 9.17 Å². The molecule has 0 aromatic rings. The van der Waals surface area contributed by atoms with E-state index in [1.54, 1.807) is 0 Å². The third kappa shape index (κ3) is 2.27. The van der Waals surface area contributed by atoms with Gasteiger partial charge in [-0.3, -0.25) is 0 Å². The maximum absolute atomic E-state index is 11.1. The van der Waals surface area contributed by atoms with Gasteiger partial charge in [0, 0.05) is 12.3 Å². The van der Waals surface area contributed by atoms with Crippen molar-refractivity contribution >= 4 is 33.8 Å². The van der Waals surface area contributed by atoms with Crippen LogP contribution < -0.4 is 0 Å². The van der Waals surface area contributed by atoms with Crippen molar-refractivity contribution in [2.75, 3.05) is 5.75 Å². The average molecular weight is 258 g/mol. The molecule has 0 radical (unpaired) electrons. The van der Waals surface area contributed by atoms with Crippen LogP contribution in [0.4, 0.5) is 0 Å². The fraction of sp³-hybridized carbons (Fsp3) is 1.00. The van der Waals surface area contributed by atoms with Crippen LogP contribution in [0.15, 0.2) is 0 Å². The number of hydrogen-bond acceptors (Lipinski definition) is 1. The molecule has 0 saturated carbocycles. The second-order valence-corrected chi connectivity index (χ2v) is 6.65. The highest BCUT2D eigenvalue weighted by Gasteiger charge is 2.27. The summed E-state index contributed by atoms with van der Waals surface area (Å²) in [5.41, 5.74) is 0. The van der Waals surface area contributed by atoms with Gasteiger partial charge >= 0.3 is 0 Å². The number of halogens is 1. The number of hydrogen-bond donors (Lipinski definition) is 0. The van der Waals surface area contributed by atoms with Crippen LogP contribution in [-0.4, -0.2) is 13.6 Å². The summed E-state index contributed by atoms with van der Waals surface area (Å²) >= 11 is 1.76. The van der Waals surface area contributed by atoms with Gasteiger partial charge in [-0.2, -0.15) is 0 Å². The minimum Gasteiger partial charge on any atom is -0.616 e. The van der Waals surface area contributed by atoms with Gasteiger partial charge in [-0.05, 0) is 40.2 Å². The van der Waals surface area contributed by atoms with E-state index >= 15 is 0 Å². The minimum atomic E-state index is -0.528. The summed E-state index contributed by atoms with van der Waals surface area (Å²) in [5, 5.41) is 0. The van der Waals surface area contributed by atoms with E-state index in [2.05, 4.69) is 29.5 Å². The maximum Gasteiger partial charge on any atom is 0.165 e. The van der Waals surface area contributed by atoms with Gasteiger partial charge in [0.1, 0.15) is 5.75 Å². The molecular formula is C6H11IOS. The van der Waals surface area contributed by atoms with Crippen LogP contribution >= 0.6 is 22.6 Å². The predicted octanol–water partition coefficient (Wildman–Crippen LogP) is 1.93. The van der Waals surface area contributed by atoms with Crippen LogP contribution in [-0.2, 0) is 11.2 Å². The number of alkyl halides is 1. The second-order valence-electron chi connectivity index (χ2n) is 2.64. The van der Waals surface area contributed by atoms with Crippen molar-refractivity contribution in [3.8, 4) is 0 Å². The van der Waals surface area contributed by atoms with Gasteiger partial charge in [0.15, 0.2) is 3.26 Å². The fourth-order valence-electron chi connectivity index (χ4n) is 1.02. The fourth-order valence-corrected chi connectivity index (χ4v) is 3.33. The lowest BCUT2D eigenvalue weighted by atomic mass is 10.1. The number of rotatable bonds is 0. The van der Waals surface area contributed by atoms with Gasteiger partial charge in [-0.25, -0.2) is 0 Å². The molecule has 1 aliphatic heterocycles. The van der Waals surface area contributed by atoms with Crippen LogP contribution in [0, 0.1) is 5.92 Å². The molecule has 1 saturated heterocycles. The van der Waals surface area contributed by atoms with Crippen molar-refractivity contribution in [1.29, 1.82) is 0 Å². The highest BCUT2D eigenvalue weighted by Crippen LogP contribution is 2.27. The normalized spacial score (nSPS) is 45.0. The van der Waals surface area contributed by atoms with Crippen molar-refractivity contribution in [2.45, 2.75) is 23.0 Å². The second kappa shape index (κ2) is 3.44. The van der Waals surface area contributed by atoms with Gasteiger partial charge in [-0.15, -0.1) is 0 Å². The van der Waals surface area contributed by atoms with E-state index < -0.39 is 11.2 Å². The summed E-state index contributed by atoms with van der Waals surface area (Å²) in [6.45, 7) is 2.18. The van der Waals surface area contributed by atoms with E-state index in [1.807, 2.05) is 0 Å². The van der Waals surface area contributed by atoms with Gasteiger partial charge in [0.25, 0.3) is 0 Å². The molecule has 1 nitrogen and oxygen atoms in total. The molecule has 9 heavy (non-hydrogen) atoms. The predicted molar refractivity (Wildman–Crippen MR) is 49.2 cm³/mol. The standard InChI is InChI=1S/C6H11IOS/c1-5-2-3-6(7)9(8)4-5/h5-6H,2-4H2,1H3. The lowest BCUT2D eigenvalue weighted by Gasteiger charge is -2.25. The Labute approximate surface area is 72.9 Å². The zero-order chi connectivity index (χ0) is 6.85. The Hall–Kier alpha value is 1.04. The molecule has 1 fully saturated rings. The first-order valence-corrected chi connectivity index (χ1v) is 5.84. The monoisotopic (exact) mass is 258 g/mol. The quantitative estimate of drug-likeness (QED) is 0.370. The first kappa shape index (κ1) is 8.14. The molecule has 1 aliphatic rings. The highest BCUT2D eigenvalue weighted by atomic mass is 127. The molecule has 3 unspecified atom stereocenters. The lowest BCUT2D eigenvalue weighted by Crippen LogP contribution is -2.28. The summed E-state index contributed by atoms with van der Waals surface area (Å²) in [6.07, 6.45) is 2.41. The summed E-state index contributed by atoms with van der Waals surface area (Å²) in [5.74, 6) is 1.62. The van der Waals surface area contributed by atoms with Crippen molar-refractivity contribution in [3.05, 3.63) is 0 Å². The van der Waals surface area contributed by atoms with E-state index in [0.717, 1.165) is 12.2 Å². The topological polar surface area (TPSA) is 23.1 Å². The Morgan fingerprint density at radius 2 is 2.22 bits per heavy atom. The molecule has 3 atom stereocenters. The Morgan fingerprint density at radius 1 is 1.56 bits per heavy atom. The lowest BCUT2D eigenvalue weighted by molar-refractivity contribution is 0.511. The zero-order valence-corrected chi connectivity index (χ0v) is 8.44. The summed E-state index contributed by atoms with van der Waals surface area (Å²) in [4.78, 5) is 0. The Morgan fingerprint density at radius 3 is 2.67 bits per heavy atom. The molecule has 0 N–H and O–H groups in total. The molecule has 0 aliphatic carbocycles. The molecule has 0 bridgehead atoms. The van der Waals surface area contributed by atoms with Crippen molar-refractivity contribution < 1.29 is 4.55 Å². The van der Waals surface area contributed by atoms with E-state index in [1.165, 1.54) is 6.42 Å². The van der Waals surface area contributed by atoms with E-state index in [4.69, 9.17) is 0 Å². The van der Waals surface area contributed by atoms with E-state index in [-0.39, 0.29) is 0 Å². The molecule has 1 heterocycles. The van der Waals surface area contributed by atoms with Gasteiger partial charge < -0.3 is 4.55 Å². The first-order valence-electron chi connectivity index (χ1n) is 3.21. The average Bonchev–Trinajstić information content (AvgIpc) is 1.80. The van der Waals surface area contributed by atoms with Crippen LogP contribution in [0.3, 0.4) is 0 Å². The summed E-state index contributed by atoms with van der Waals surface area (Å²) in [7, 11) is 0. The largest absolute Gasteiger partial charge is 0.616 e. The highest BCUT2D eigenvalue weighted by molar-refractivity contribution is 14.1. The molecular weight excluding hydrogens is 247 g/mol. The van der Waals surface area contributed by atoms with Gasteiger partial charge in [0.2, 0.25) is 0 Å². The molecule has 0 amide bonds. The molecule has 1 rings (SSSR count). The minimum absolute atomic E-state index is 0.429. The van der Waals surface area contributed by atoms with Gasteiger partial charge in [0.05, 0.1) is 0 Å². The van der Waals surface area contributed by atoms with Crippen molar-refractivity contribution in [3.63, 3.8) is 0 Å². The molecule has 3 heteroatoms. The molecule has 54 valence electrons. The third-order valence-electron chi connectivity index (χ3n) is 1.62. The SMILES string of the molecule is CC1CCC(I)[S+]([O-])C1. The molecule has 0 aromatic heterocycles. The Kier molecular flexibility index (Phi) is 3.11. The Balaban J connectivity index is 2.35. The summed E-state index contributed by atoms with van der Waals surface area (Å²) < 4.78 is 11.5. The molecule has 0 aromatic carbocycles. The first-order chi connectivity index (χ1) is 4.20. The maximum atomic E-state index is 11.1. The van der Waals surface area contributed by atoms with Gasteiger partial charge in [-0.1, -0.05) is 6.92 Å². The third-order valence-corrected chi connectivity index (χ3v) is 5.65. The van der Waals surface area contributed by atoms with Crippen LogP contribution in [0.25, 0.3) is 0 Å². The smallest absolute Gasteiger partial charge is 0.165 e.